The summed E-state index contributed by atoms with van der Waals surface area (Å²) in [7, 11) is 1.51. The number of carbonyl (C=O) groups is 1. The topological polar surface area (TPSA) is 157 Å². The number of tetrazole rings is 1. The van der Waals surface area contributed by atoms with Crippen LogP contribution >= 0.6 is 11.6 Å². The van der Waals surface area contributed by atoms with Crippen LogP contribution in [0.1, 0.15) is 11.5 Å². The van der Waals surface area contributed by atoms with Crippen LogP contribution in [0.15, 0.2) is 66.0 Å². The van der Waals surface area contributed by atoms with Crippen molar-refractivity contribution in [2.75, 3.05) is 25.2 Å². The number of amides is 1. The first-order valence-electron chi connectivity index (χ1n) is 12.1. The summed E-state index contributed by atoms with van der Waals surface area (Å²) >= 11 is 6.26. The number of pyridine rings is 2. The summed E-state index contributed by atoms with van der Waals surface area (Å²) in [4.78, 5) is 37.9. The molecular weight excluding hydrogens is 538 g/mol. The molecule has 5 rings (SSSR count). The van der Waals surface area contributed by atoms with Crippen LogP contribution in [-0.2, 0) is 11.3 Å². The molecule has 0 saturated heterocycles. The molecule has 4 aromatic heterocycles. The minimum Gasteiger partial charge on any atom is -0.465 e. The lowest BCUT2D eigenvalue weighted by Crippen LogP contribution is -2.32. The molecule has 0 saturated carbocycles. The Labute approximate surface area is 232 Å². The second-order valence-corrected chi connectivity index (χ2v) is 9.23. The number of nitrogens with one attached hydrogen (secondary N) is 1. The van der Waals surface area contributed by atoms with E-state index in [0.29, 0.717) is 44.7 Å². The smallest absolute Gasteiger partial charge is 0.411 e. The van der Waals surface area contributed by atoms with Gasteiger partial charge >= 0.3 is 6.09 Å². The molecule has 13 nitrogen and oxygen atoms in total. The number of aromatic nitrogens is 8. The molecular formula is C26H24ClN9O4. The van der Waals surface area contributed by atoms with Crippen LogP contribution in [0.25, 0.3) is 28.2 Å². The number of rotatable bonds is 9. The zero-order chi connectivity index (χ0) is 28.2. The molecule has 14 heteroatoms. The van der Waals surface area contributed by atoms with Gasteiger partial charge in [0.1, 0.15) is 12.2 Å². The van der Waals surface area contributed by atoms with Gasteiger partial charge in [-0.3, -0.25) is 14.7 Å². The predicted molar refractivity (Wildman–Crippen MR) is 147 cm³/mol. The number of hydrogen-bond donors (Lipinski definition) is 2. The molecule has 4 heterocycles. The number of imidazole rings is 1. The highest BCUT2D eigenvalue weighted by molar-refractivity contribution is 6.31. The molecule has 1 aromatic carbocycles. The monoisotopic (exact) mass is 561 g/mol. The second kappa shape index (κ2) is 11.5. The fourth-order valence-electron chi connectivity index (χ4n) is 4.24. The van der Waals surface area contributed by atoms with Gasteiger partial charge in [0.2, 0.25) is 0 Å². The van der Waals surface area contributed by atoms with Gasteiger partial charge in [-0.1, -0.05) is 11.6 Å². The standard InChI is InChI=1S/C26H24ClN9O4/c1-16-9-17(20-11-18(27)3-6-23(20)36-15-30-32-33-36)10-25(37)35(16)14-24-29-13-22(31-24)21-5-4-19(12-28-21)34(26(38)39)7-8-40-2/h3-6,9-13,15H,7-8,14H2,1-2H3,(H,29,31)(H,38,39). The van der Waals surface area contributed by atoms with Crippen LogP contribution in [0, 0.1) is 6.92 Å². The number of benzene rings is 1. The van der Waals surface area contributed by atoms with Crippen LogP contribution in [0.2, 0.25) is 5.02 Å². The van der Waals surface area contributed by atoms with E-state index in [0.717, 1.165) is 10.6 Å². The molecule has 0 unspecified atom stereocenters. The van der Waals surface area contributed by atoms with E-state index in [1.54, 1.807) is 41.1 Å². The summed E-state index contributed by atoms with van der Waals surface area (Å²) in [5, 5.41) is 21.3. The molecule has 0 aliphatic carbocycles. The van der Waals surface area contributed by atoms with E-state index >= 15 is 0 Å². The molecule has 0 atom stereocenters. The number of H-pyrrole nitrogens is 1. The van der Waals surface area contributed by atoms with Gasteiger partial charge in [-0.05, 0) is 59.3 Å². The van der Waals surface area contributed by atoms with Crippen LogP contribution in [0.3, 0.4) is 0 Å². The zero-order valence-corrected chi connectivity index (χ0v) is 22.3. The summed E-state index contributed by atoms with van der Waals surface area (Å²) in [6.07, 6.45) is 3.48. The number of halogens is 1. The first-order valence-corrected chi connectivity index (χ1v) is 12.5. The highest BCUT2D eigenvalue weighted by Crippen LogP contribution is 2.29. The number of aryl methyl sites for hydroxylation is 1. The summed E-state index contributed by atoms with van der Waals surface area (Å²) < 4.78 is 8.10. The number of aromatic amines is 1. The van der Waals surface area contributed by atoms with E-state index in [4.69, 9.17) is 16.3 Å². The number of anilines is 1. The van der Waals surface area contributed by atoms with Gasteiger partial charge in [-0.25, -0.2) is 9.78 Å². The highest BCUT2D eigenvalue weighted by atomic mass is 35.5. The second-order valence-electron chi connectivity index (χ2n) is 8.80. The van der Waals surface area contributed by atoms with Crippen molar-refractivity contribution in [1.29, 1.82) is 0 Å². The quantitative estimate of drug-likeness (QED) is 0.275. The maximum atomic E-state index is 13.2. The van der Waals surface area contributed by atoms with Crippen LogP contribution in [-0.4, -0.2) is 71.2 Å². The van der Waals surface area contributed by atoms with Crippen LogP contribution in [0.4, 0.5) is 10.5 Å². The van der Waals surface area contributed by atoms with Gasteiger partial charge in [0.15, 0.2) is 0 Å². The Morgan fingerprint density at radius 3 is 2.67 bits per heavy atom. The number of ether oxygens (including phenoxy) is 1. The van der Waals surface area contributed by atoms with E-state index in [1.165, 1.54) is 30.4 Å². The SMILES string of the molecule is COCCN(C(=O)O)c1ccc(-c2cnc(Cn3c(C)cc(-c4cc(Cl)ccc4-n4cnnn4)cc3=O)[nH]2)nc1. The first-order chi connectivity index (χ1) is 19.3. The number of methoxy groups -OCH3 is 1. The third-order valence-electron chi connectivity index (χ3n) is 6.22. The van der Waals surface area contributed by atoms with Crippen molar-refractivity contribution >= 4 is 23.4 Å². The van der Waals surface area contributed by atoms with Crippen molar-refractivity contribution in [2.45, 2.75) is 13.5 Å². The van der Waals surface area contributed by atoms with Gasteiger partial charge in [-0.15, -0.1) is 5.10 Å². The minimum absolute atomic E-state index is 0.185. The summed E-state index contributed by atoms with van der Waals surface area (Å²) in [5.74, 6) is 0.559. The fraction of sp³-hybridized carbons (Fsp3) is 0.192. The molecule has 0 aliphatic heterocycles. The third kappa shape index (κ3) is 5.60. The lowest BCUT2D eigenvalue weighted by molar-refractivity contribution is 0.186. The third-order valence-corrected chi connectivity index (χ3v) is 6.46. The number of carboxylic acid groups (broad SMARTS) is 1. The Balaban J connectivity index is 1.38. The van der Waals surface area contributed by atoms with E-state index in [2.05, 4.69) is 30.5 Å². The summed E-state index contributed by atoms with van der Waals surface area (Å²) in [6, 6.07) is 12.1. The molecule has 0 bridgehead atoms. The molecule has 0 radical (unpaired) electrons. The Bertz CT molecular complexity index is 1700. The molecule has 0 aliphatic rings. The Morgan fingerprint density at radius 1 is 1.15 bits per heavy atom. The minimum atomic E-state index is -1.09. The Morgan fingerprint density at radius 2 is 2.00 bits per heavy atom. The van der Waals surface area contributed by atoms with Crippen molar-refractivity contribution in [3.8, 4) is 28.2 Å². The van der Waals surface area contributed by atoms with Crippen molar-refractivity contribution in [2.24, 2.45) is 0 Å². The fourth-order valence-corrected chi connectivity index (χ4v) is 4.42. The molecule has 0 spiro atoms. The maximum absolute atomic E-state index is 13.2. The largest absolute Gasteiger partial charge is 0.465 e. The Hall–Kier alpha value is -4.88. The normalized spacial score (nSPS) is 11.1. The van der Waals surface area contributed by atoms with E-state index in [9.17, 15) is 14.7 Å². The lowest BCUT2D eigenvalue weighted by Gasteiger charge is -2.18. The van der Waals surface area contributed by atoms with Gasteiger partial charge in [0.05, 0.1) is 54.9 Å². The van der Waals surface area contributed by atoms with E-state index < -0.39 is 6.09 Å². The van der Waals surface area contributed by atoms with Crippen molar-refractivity contribution in [3.05, 3.63) is 88.1 Å². The molecule has 1 amide bonds. The first kappa shape index (κ1) is 26.7. The Kier molecular flexibility index (Phi) is 7.66. The van der Waals surface area contributed by atoms with Gasteiger partial charge in [-0.2, -0.15) is 4.68 Å². The highest BCUT2D eigenvalue weighted by Gasteiger charge is 2.16. The van der Waals surface area contributed by atoms with Gasteiger partial charge in [0.25, 0.3) is 5.56 Å². The average Bonchev–Trinajstić information content (AvgIpc) is 3.64. The van der Waals surface area contributed by atoms with Crippen molar-refractivity contribution < 1.29 is 14.6 Å². The molecule has 40 heavy (non-hydrogen) atoms. The number of hydrogen-bond acceptors (Lipinski definition) is 8. The molecule has 204 valence electrons. The summed E-state index contributed by atoms with van der Waals surface area (Å²) in [6.45, 7) is 2.50. The van der Waals surface area contributed by atoms with Gasteiger partial charge < -0.3 is 19.4 Å². The maximum Gasteiger partial charge on any atom is 0.411 e. The van der Waals surface area contributed by atoms with Crippen molar-refractivity contribution in [3.63, 3.8) is 0 Å². The zero-order valence-electron chi connectivity index (χ0n) is 21.5. The van der Waals surface area contributed by atoms with Crippen molar-refractivity contribution in [1.82, 2.24) is 39.7 Å². The van der Waals surface area contributed by atoms with Crippen LogP contribution in [0.5, 0.6) is 0 Å². The lowest BCUT2D eigenvalue weighted by atomic mass is 10.0. The van der Waals surface area contributed by atoms with Crippen LogP contribution < -0.4 is 10.5 Å². The van der Waals surface area contributed by atoms with E-state index in [-0.39, 0.29) is 25.3 Å². The van der Waals surface area contributed by atoms with E-state index in [1.807, 2.05) is 13.0 Å². The summed E-state index contributed by atoms with van der Waals surface area (Å²) in [5.41, 5.74) is 4.22. The molecule has 0 fully saturated rings. The predicted octanol–water partition coefficient (Wildman–Crippen LogP) is 3.42. The molecule has 5 aromatic rings. The van der Waals surface area contributed by atoms with Gasteiger partial charge in [0, 0.05) is 29.5 Å². The molecule has 2 N–H and O–H groups in total. The number of nitrogens with zero attached hydrogens (tertiary/aromatic N) is 8. The average molecular weight is 562 g/mol.